The molecular weight excluding hydrogens is 252 g/mol. The van der Waals surface area contributed by atoms with Crippen molar-refractivity contribution in [3.05, 3.63) is 17.0 Å². The van der Waals surface area contributed by atoms with E-state index in [4.69, 9.17) is 9.72 Å². The van der Waals surface area contributed by atoms with E-state index in [2.05, 4.69) is 22.5 Å². The molecule has 2 fully saturated rings. The predicted molar refractivity (Wildman–Crippen MR) is 76.8 cm³/mol. The van der Waals surface area contributed by atoms with Gasteiger partial charge in [-0.2, -0.15) is 0 Å². The number of aryl methyl sites for hydroxylation is 1. The molecule has 0 bridgehead atoms. The van der Waals surface area contributed by atoms with Gasteiger partial charge in [-0.15, -0.1) is 0 Å². The number of nitrogens with one attached hydrogen (secondary N) is 2. The molecule has 0 unspecified atom stereocenters. The van der Waals surface area contributed by atoms with Crippen LogP contribution in [-0.2, 0) is 16.8 Å². The monoisotopic (exact) mass is 274 g/mol. The number of fused-ring (bicyclic) bond motifs is 2. The van der Waals surface area contributed by atoms with Gasteiger partial charge >= 0.3 is 0 Å². The van der Waals surface area contributed by atoms with Crippen LogP contribution < -0.4 is 10.6 Å². The fourth-order valence-electron chi connectivity index (χ4n) is 3.33. The molecule has 0 radical (unpaired) electrons. The van der Waals surface area contributed by atoms with Gasteiger partial charge in [-0.25, -0.2) is 9.97 Å². The zero-order valence-electron chi connectivity index (χ0n) is 12.0. The summed E-state index contributed by atoms with van der Waals surface area (Å²) in [7, 11) is 0. The van der Waals surface area contributed by atoms with Gasteiger partial charge in [0.15, 0.2) is 0 Å². The highest BCUT2D eigenvalue weighted by atomic mass is 16.5. The molecule has 1 atom stereocenters. The molecule has 1 aromatic heterocycles. The van der Waals surface area contributed by atoms with Gasteiger partial charge < -0.3 is 15.4 Å². The molecule has 20 heavy (non-hydrogen) atoms. The normalized spacial score (nSPS) is 28.6. The molecule has 3 heterocycles. The predicted octanol–water partition coefficient (Wildman–Crippen LogP) is 1.37. The number of hydrogen-bond donors (Lipinski definition) is 2. The quantitative estimate of drug-likeness (QED) is 0.872. The van der Waals surface area contributed by atoms with E-state index < -0.39 is 0 Å². The lowest BCUT2D eigenvalue weighted by Crippen LogP contribution is -2.40. The van der Waals surface area contributed by atoms with Gasteiger partial charge in [-0.1, -0.05) is 0 Å². The Hall–Kier alpha value is -1.20. The highest BCUT2D eigenvalue weighted by Gasteiger charge is 2.42. The molecule has 1 saturated heterocycles. The van der Waals surface area contributed by atoms with Crippen LogP contribution in [0.2, 0.25) is 0 Å². The average molecular weight is 274 g/mol. The molecule has 2 aliphatic heterocycles. The highest BCUT2D eigenvalue weighted by Crippen LogP contribution is 2.37. The molecule has 1 spiro atoms. The second kappa shape index (κ2) is 4.67. The van der Waals surface area contributed by atoms with E-state index in [9.17, 15) is 0 Å². The standard InChI is InChI=1S/C15H22N4O/c1-10-12-7-20-9-15(4-5-16-8-15)13(12)19-14(18-10)17-6-11-2-3-11/h11,16H,2-9H2,1H3,(H,17,18,19)/t15-/m1/s1. The molecular formula is C15H22N4O. The van der Waals surface area contributed by atoms with Crippen LogP contribution in [0.3, 0.4) is 0 Å². The second-order valence-electron chi connectivity index (χ2n) is 6.48. The Morgan fingerprint density at radius 2 is 2.30 bits per heavy atom. The third kappa shape index (κ3) is 2.09. The first-order valence-corrected chi connectivity index (χ1v) is 7.67. The summed E-state index contributed by atoms with van der Waals surface area (Å²) >= 11 is 0. The smallest absolute Gasteiger partial charge is 0.223 e. The lowest BCUT2D eigenvalue weighted by molar-refractivity contribution is 0.0546. The maximum Gasteiger partial charge on any atom is 0.223 e. The third-order valence-electron chi connectivity index (χ3n) is 4.83. The van der Waals surface area contributed by atoms with Crippen molar-refractivity contribution in [3.8, 4) is 0 Å². The lowest BCUT2D eigenvalue weighted by atomic mass is 9.80. The summed E-state index contributed by atoms with van der Waals surface area (Å²) in [4.78, 5) is 9.49. The molecule has 0 aromatic carbocycles. The summed E-state index contributed by atoms with van der Waals surface area (Å²) in [5.41, 5.74) is 3.56. The highest BCUT2D eigenvalue weighted by molar-refractivity contribution is 5.40. The number of hydrogen-bond acceptors (Lipinski definition) is 5. The van der Waals surface area contributed by atoms with Crippen molar-refractivity contribution in [2.75, 3.05) is 31.6 Å². The number of rotatable bonds is 3. The number of nitrogens with zero attached hydrogens (tertiary/aromatic N) is 2. The molecule has 5 nitrogen and oxygen atoms in total. The van der Waals surface area contributed by atoms with Gasteiger partial charge in [0.05, 0.1) is 24.3 Å². The first kappa shape index (κ1) is 12.5. The van der Waals surface area contributed by atoms with Crippen LogP contribution in [-0.4, -0.2) is 36.2 Å². The van der Waals surface area contributed by atoms with Crippen molar-refractivity contribution in [1.29, 1.82) is 0 Å². The van der Waals surface area contributed by atoms with Crippen molar-refractivity contribution in [3.63, 3.8) is 0 Å². The van der Waals surface area contributed by atoms with Crippen molar-refractivity contribution >= 4 is 5.95 Å². The zero-order chi connectivity index (χ0) is 13.6. The summed E-state index contributed by atoms with van der Waals surface area (Å²) in [6.45, 7) is 6.56. The first-order valence-electron chi connectivity index (χ1n) is 7.67. The van der Waals surface area contributed by atoms with Gasteiger partial charge in [0.1, 0.15) is 0 Å². The molecule has 5 heteroatoms. The fourth-order valence-corrected chi connectivity index (χ4v) is 3.33. The molecule has 1 aliphatic carbocycles. The van der Waals surface area contributed by atoms with E-state index in [1.165, 1.54) is 24.1 Å². The summed E-state index contributed by atoms with van der Waals surface area (Å²) in [5, 5.41) is 6.88. The third-order valence-corrected chi connectivity index (χ3v) is 4.83. The Labute approximate surface area is 119 Å². The van der Waals surface area contributed by atoms with Gasteiger partial charge in [-0.3, -0.25) is 0 Å². The van der Waals surface area contributed by atoms with Crippen molar-refractivity contribution in [1.82, 2.24) is 15.3 Å². The Bertz CT molecular complexity index is 521. The number of anilines is 1. The minimum Gasteiger partial charge on any atom is -0.376 e. The molecule has 2 N–H and O–H groups in total. The Morgan fingerprint density at radius 1 is 1.40 bits per heavy atom. The van der Waals surface area contributed by atoms with E-state index in [1.807, 2.05) is 0 Å². The molecule has 0 amide bonds. The van der Waals surface area contributed by atoms with Crippen LogP contribution in [0.4, 0.5) is 5.95 Å². The van der Waals surface area contributed by atoms with E-state index in [-0.39, 0.29) is 5.41 Å². The zero-order valence-corrected chi connectivity index (χ0v) is 12.0. The van der Waals surface area contributed by atoms with Gasteiger partial charge in [0.25, 0.3) is 0 Å². The molecule has 1 aromatic rings. The van der Waals surface area contributed by atoms with Crippen LogP contribution >= 0.6 is 0 Å². The minimum absolute atomic E-state index is 0.0668. The van der Waals surface area contributed by atoms with Crippen LogP contribution in [0, 0.1) is 12.8 Å². The summed E-state index contributed by atoms with van der Waals surface area (Å²) in [6, 6.07) is 0. The molecule has 108 valence electrons. The van der Waals surface area contributed by atoms with Crippen LogP contribution in [0.25, 0.3) is 0 Å². The summed E-state index contributed by atoms with van der Waals surface area (Å²) < 4.78 is 5.82. The van der Waals surface area contributed by atoms with Crippen LogP contribution in [0.1, 0.15) is 36.2 Å². The van der Waals surface area contributed by atoms with Gasteiger partial charge in [-0.05, 0) is 38.6 Å². The fraction of sp³-hybridized carbons (Fsp3) is 0.733. The topological polar surface area (TPSA) is 59.1 Å². The van der Waals surface area contributed by atoms with Crippen LogP contribution in [0.5, 0.6) is 0 Å². The van der Waals surface area contributed by atoms with E-state index in [0.717, 1.165) is 50.2 Å². The first-order chi connectivity index (χ1) is 9.77. The van der Waals surface area contributed by atoms with Crippen molar-refractivity contribution < 1.29 is 4.74 Å². The maximum absolute atomic E-state index is 5.82. The number of ether oxygens (including phenoxy) is 1. The minimum atomic E-state index is 0.0668. The van der Waals surface area contributed by atoms with E-state index in [1.54, 1.807) is 0 Å². The maximum atomic E-state index is 5.82. The Kier molecular flexibility index (Phi) is 2.93. The Morgan fingerprint density at radius 3 is 3.05 bits per heavy atom. The van der Waals surface area contributed by atoms with Gasteiger partial charge in [0, 0.05) is 24.3 Å². The van der Waals surface area contributed by atoms with Gasteiger partial charge in [0.2, 0.25) is 5.95 Å². The Balaban J connectivity index is 1.68. The van der Waals surface area contributed by atoms with Crippen molar-refractivity contribution in [2.45, 2.75) is 38.2 Å². The lowest BCUT2D eigenvalue weighted by Gasteiger charge is -2.34. The summed E-state index contributed by atoms with van der Waals surface area (Å²) in [6.07, 6.45) is 3.80. The van der Waals surface area contributed by atoms with E-state index in [0.29, 0.717) is 6.61 Å². The van der Waals surface area contributed by atoms with Crippen LogP contribution in [0.15, 0.2) is 0 Å². The second-order valence-corrected chi connectivity index (χ2v) is 6.48. The van der Waals surface area contributed by atoms with Crippen molar-refractivity contribution in [2.24, 2.45) is 5.92 Å². The molecule has 4 rings (SSSR count). The largest absolute Gasteiger partial charge is 0.376 e. The summed E-state index contributed by atoms with van der Waals surface area (Å²) in [5.74, 6) is 1.64. The molecule has 3 aliphatic rings. The SMILES string of the molecule is Cc1nc(NCC2CC2)nc2c1COC[C@]21CCNC1. The molecule has 1 saturated carbocycles. The average Bonchev–Trinajstić information content (AvgIpc) is 3.17. The number of aromatic nitrogens is 2. The van der Waals surface area contributed by atoms with E-state index >= 15 is 0 Å².